The Hall–Kier alpha value is -2.48. The van der Waals surface area contributed by atoms with Gasteiger partial charge < -0.3 is 20.8 Å². The molecule has 1 aliphatic rings. The normalized spacial score (nSPS) is 17.0. The van der Waals surface area contributed by atoms with Crippen LogP contribution < -0.4 is 16.0 Å². The van der Waals surface area contributed by atoms with Crippen LogP contribution in [-0.2, 0) is 9.53 Å². The molecule has 0 saturated carbocycles. The predicted octanol–water partition coefficient (Wildman–Crippen LogP) is 2.86. The van der Waals surface area contributed by atoms with Gasteiger partial charge in [-0.15, -0.1) is 0 Å². The molecule has 0 radical (unpaired) electrons. The lowest BCUT2D eigenvalue weighted by molar-refractivity contribution is -0.117. The van der Waals surface area contributed by atoms with E-state index in [0.29, 0.717) is 6.42 Å². The van der Waals surface area contributed by atoms with Crippen molar-refractivity contribution in [1.29, 1.82) is 5.41 Å². The summed E-state index contributed by atoms with van der Waals surface area (Å²) in [5.41, 5.74) is -0.774. The number of hydrogen-bond acceptors (Lipinski definition) is 5. The van der Waals surface area contributed by atoms with Gasteiger partial charge in [0.15, 0.2) is 5.82 Å². The van der Waals surface area contributed by atoms with E-state index in [-0.39, 0.29) is 28.9 Å². The van der Waals surface area contributed by atoms with Crippen molar-refractivity contribution in [2.75, 3.05) is 17.2 Å². The van der Waals surface area contributed by atoms with Crippen LogP contribution in [0.2, 0.25) is 0 Å². The third-order valence-corrected chi connectivity index (χ3v) is 3.59. The third kappa shape index (κ3) is 4.99. The lowest BCUT2D eigenvalue weighted by Gasteiger charge is -2.20. The van der Waals surface area contributed by atoms with Crippen molar-refractivity contribution < 1.29 is 18.7 Å². The molecule has 2 amide bonds. The van der Waals surface area contributed by atoms with Crippen LogP contribution in [0.5, 0.6) is 0 Å². The van der Waals surface area contributed by atoms with Crippen molar-refractivity contribution in [3.8, 4) is 0 Å². The van der Waals surface area contributed by atoms with E-state index in [1.165, 1.54) is 12.1 Å². The van der Waals surface area contributed by atoms with E-state index in [0.717, 1.165) is 19.2 Å². The number of ether oxygens (including phenoxy) is 1. The molecule has 0 aliphatic carbocycles. The summed E-state index contributed by atoms with van der Waals surface area (Å²) in [4.78, 5) is 23.9. The maximum absolute atomic E-state index is 14.6. The zero-order chi connectivity index (χ0) is 18.6. The Balaban J connectivity index is 2.16. The van der Waals surface area contributed by atoms with E-state index < -0.39 is 17.5 Å². The summed E-state index contributed by atoms with van der Waals surface area (Å²) >= 11 is 0. The van der Waals surface area contributed by atoms with Crippen molar-refractivity contribution in [3.05, 3.63) is 23.5 Å². The topological polar surface area (TPSA) is 103 Å². The average Bonchev–Trinajstić information content (AvgIpc) is 3.02. The summed E-state index contributed by atoms with van der Waals surface area (Å²) < 4.78 is 19.7. The second kappa shape index (κ2) is 7.60. The lowest BCUT2D eigenvalue weighted by Crippen LogP contribution is -2.35. The molecule has 4 N–H and O–H groups in total. The first-order valence-electron chi connectivity index (χ1n) is 8.08. The smallest absolute Gasteiger partial charge is 0.412 e. The first kappa shape index (κ1) is 18.9. The molecule has 0 unspecified atom stereocenters. The van der Waals surface area contributed by atoms with E-state index in [2.05, 4.69) is 16.0 Å². The van der Waals surface area contributed by atoms with Crippen LogP contribution in [0.15, 0.2) is 12.1 Å². The third-order valence-electron chi connectivity index (χ3n) is 3.59. The first-order valence-corrected chi connectivity index (χ1v) is 8.08. The fourth-order valence-corrected chi connectivity index (χ4v) is 2.48. The summed E-state index contributed by atoms with van der Waals surface area (Å²) in [6, 6.07) is 2.43. The highest BCUT2D eigenvalue weighted by Crippen LogP contribution is 2.25. The molecule has 25 heavy (non-hydrogen) atoms. The second-order valence-electron chi connectivity index (χ2n) is 6.80. The number of hydrogen-bond donors (Lipinski definition) is 4. The van der Waals surface area contributed by atoms with Crippen LogP contribution in [-0.4, -0.2) is 36.4 Å². The summed E-state index contributed by atoms with van der Waals surface area (Å²) in [6.07, 6.45) is 1.63. The predicted molar refractivity (Wildman–Crippen MR) is 93.8 cm³/mol. The number of carbonyl (C=O) groups is 2. The average molecular weight is 350 g/mol. The molecular weight excluding hydrogens is 327 g/mol. The van der Waals surface area contributed by atoms with Crippen LogP contribution in [0.4, 0.5) is 20.6 Å². The fourth-order valence-electron chi connectivity index (χ4n) is 2.48. The maximum atomic E-state index is 14.6. The van der Waals surface area contributed by atoms with Crippen LogP contribution in [0.3, 0.4) is 0 Å². The highest BCUT2D eigenvalue weighted by molar-refractivity contribution is 5.99. The van der Waals surface area contributed by atoms with Gasteiger partial charge in [0.2, 0.25) is 5.91 Å². The molecule has 1 heterocycles. The minimum Gasteiger partial charge on any atom is -0.444 e. The first-order chi connectivity index (χ1) is 11.7. The van der Waals surface area contributed by atoms with Gasteiger partial charge in [-0.2, -0.15) is 0 Å². The van der Waals surface area contributed by atoms with Crippen LogP contribution >= 0.6 is 0 Å². The number of amides is 2. The number of halogens is 1. The molecule has 1 fully saturated rings. The summed E-state index contributed by atoms with van der Waals surface area (Å²) in [5, 5.41) is 15.4. The maximum Gasteiger partial charge on any atom is 0.412 e. The van der Waals surface area contributed by atoms with Gasteiger partial charge in [0.05, 0.1) is 23.0 Å². The standard InChI is InChI=1S/C17H23FN4O3/c1-17(2,3)25-16(24)22-11-6-7-12(14(18)10(11)9-19)21-15(23)13-5-4-8-20-13/h6-7,9,13,19-20H,4-5,8H2,1-3H3,(H,21,23)(H,22,24)/t13-/m1/s1. The van der Waals surface area contributed by atoms with Gasteiger partial charge in [-0.25, -0.2) is 9.18 Å². The quantitative estimate of drug-likeness (QED) is 0.627. The Kier molecular flexibility index (Phi) is 5.73. The van der Waals surface area contributed by atoms with Gasteiger partial charge in [-0.3, -0.25) is 10.1 Å². The van der Waals surface area contributed by atoms with E-state index in [1.807, 2.05) is 0 Å². The number of nitrogens with one attached hydrogen (secondary N) is 4. The molecule has 8 heteroatoms. The molecule has 0 spiro atoms. The minimum atomic E-state index is -0.782. The van der Waals surface area contributed by atoms with Crippen molar-refractivity contribution >= 4 is 29.6 Å². The van der Waals surface area contributed by atoms with Gasteiger partial charge in [-0.05, 0) is 52.3 Å². The summed E-state index contributed by atoms with van der Waals surface area (Å²) in [6.45, 7) is 5.88. The molecule has 136 valence electrons. The second-order valence-corrected chi connectivity index (χ2v) is 6.80. The minimum absolute atomic E-state index is 0.0352. The Morgan fingerprint density at radius 3 is 2.56 bits per heavy atom. The lowest BCUT2D eigenvalue weighted by atomic mass is 10.1. The molecule has 0 bridgehead atoms. The fraction of sp³-hybridized carbons (Fsp3) is 0.471. The molecule has 1 aromatic carbocycles. The van der Waals surface area contributed by atoms with E-state index in [1.54, 1.807) is 20.8 Å². The zero-order valence-corrected chi connectivity index (χ0v) is 14.5. The van der Waals surface area contributed by atoms with Crippen LogP contribution in [0, 0.1) is 11.2 Å². The Morgan fingerprint density at radius 2 is 2.00 bits per heavy atom. The highest BCUT2D eigenvalue weighted by atomic mass is 19.1. The van der Waals surface area contributed by atoms with Crippen LogP contribution in [0.1, 0.15) is 39.2 Å². The van der Waals surface area contributed by atoms with Crippen molar-refractivity contribution in [1.82, 2.24) is 5.32 Å². The van der Waals surface area contributed by atoms with Gasteiger partial charge in [0.25, 0.3) is 0 Å². The number of anilines is 2. The van der Waals surface area contributed by atoms with E-state index in [9.17, 15) is 14.0 Å². The summed E-state index contributed by atoms with van der Waals surface area (Å²) in [7, 11) is 0. The monoisotopic (exact) mass is 350 g/mol. The molecule has 2 rings (SSSR count). The Labute approximate surface area is 145 Å². The van der Waals surface area contributed by atoms with Gasteiger partial charge in [0, 0.05) is 6.21 Å². The van der Waals surface area contributed by atoms with Gasteiger partial charge in [0.1, 0.15) is 5.60 Å². The molecule has 7 nitrogen and oxygen atoms in total. The zero-order valence-electron chi connectivity index (χ0n) is 14.5. The van der Waals surface area contributed by atoms with Crippen molar-refractivity contribution in [2.24, 2.45) is 0 Å². The molecule has 0 aromatic heterocycles. The SMILES string of the molecule is CC(C)(C)OC(=O)Nc1ccc(NC(=O)[C@H]2CCCN2)c(F)c1C=N. The van der Waals surface area contributed by atoms with Gasteiger partial charge in [-0.1, -0.05) is 0 Å². The molecule has 1 saturated heterocycles. The van der Waals surface area contributed by atoms with E-state index >= 15 is 0 Å². The Morgan fingerprint density at radius 1 is 1.32 bits per heavy atom. The summed E-state index contributed by atoms with van der Waals surface area (Å²) in [5.74, 6) is -1.10. The van der Waals surface area contributed by atoms with E-state index in [4.69, 9.17) is 10.1 Å². The van der Waals surface area contributed by atoms with Crippen LogP contribution in [0.25, 0.3) is 0 Å². The van der Waals surface area contributed by atoms with Crippen molar-refractivity contribution in [3.63, 3.8) is 0 Å². The number of carbonyl (C=O) groups excluding carboxylic acids is 2. The molecule has 1 aromatic rings. The largest absolute Gasteiger partial charge is 0.444 e. The highest BCUT2D eigenvalue weighted by Gasteiger charge is 2.24. The molecular formula is C17H23FN4O3. The Bertz CT molecular complexity index is 679. The molecule has 1 aliphatic heterocycles. The number of rotatable bonds is 4. The molecule has 1 atom stereocenters. The van der Waals surface area contributed by atoms with Gasteiger partial charge >= 0.3 is 6.09 Å². The number of benzene rings is 1. The van der Waals surface area contributed by atoms with Crippen molar-refractivity contribution in [2.45, 2.75) is 45.3 Å².